The number of rotatable bonds is 4. The summed E-state index contributed by atoms with van der Waals surface area (Å²) in [6.07, 6.45) is 0.997. The highest BCUT2D eigenvalue weighted by Crippen LogP contribution is 2.17. The van der Waals surface area contributed by atoms with Crippen LogP contribution in [0.1, 0.15) is 12.0 Å². The van der Waals surface area contributed by atoms with E-state index in [0.717, 1.165) is 6.21 Å². The Morgan fingerprint density at radius 2 is 2.29 bits per heavy atom. The first-order valence-electron chi connectivity index (χ1n) is 5.99. The number of nitrogens with zero attached hydrogens (tertiary/aromatic N) is 1. The van der Waals surface area contributed by atoms with Crippen molar-refractivity contribution in [3.05, 3.63) is 46.9 Å². The van der Waals surface area contributed by atoms with Crippen molar-refractivity contribution in [3.63, 3.8) is 0 Å². The van der Waals surface area contributed by atoms with Crippen LogP contribution in [0.15, 0.2) is 35.6 Å². The lowest BCUT2D eigenvalue weighted by molar-refractivity contribution is -0.127. The summed E-state index contributed by atoms with van der Waals surface area (Å²) in [4.78, 5) is 23.0. The van der Waals surface area contributed by atoms with Crippen LogP contribution in [-0.4, -0.2) is 18.0 Å². The van der Waals surface area contributed by atoms with Crippen LogP contribution in [0.3, 0.4) is 0 Å². The Hall–Kier alpha value is -2.41. The van der Waals surface area contributed by atoms with Gasteiger partial charge in [0.1, 0.15) is 5.82 Å². The van der Waals surface area contributed by atoms with E-state index in [1.54, 1.807) is 0 Å². The molecule has 3 N–H and O–H groups in total. The number of amides is 2. The summed E-state index contributed by atoms with van der Waals surface area (Å²) in [7, 11) is 0. The van der Waals surface area contributed by atoms with Crippen LogP contribution in [0.5, 0.6) is 0 Å². The number of benzene rings is 1. The molecule has 21 heavy (non-hydrogen) atoms. The lowest BCUT2D eigenvalue weighted by Crippen LogP contribution is -2.27. The van der Waals surface area contributed by atoms with E-state index in [4.69, 9.17) is 11.6 Å². The summed E-state index contributed by atoms with van der Waals surface area (Å²) in [6, 6.07) is 4.20. The van der Waals surface area contributed by atoms with Gasteiger partial charge in [0, 0.05) is 17.7 Å². The zero-order valence-electron chi connectivity index (χ0n) is 10.8. The SMILES string of the molecule is C=C1NNC(=O)C1CC(=O)NN=Cc1c(F)cccc1Cl. The first-order chi connectivity index (χ1) is 9.99. The molecule has 1 aromatic rings. The fraction of sp³-hybridized carbons (Fsp3) is 0.154. The van der Waals surface area contributed by atoms with Crippen LogP contribution in [-0.2, 0) is 9.59 Å². The summed E-state index contributed by atoms with van der Waals surface area (Å²) in [6.45, 7) is 3.61. The van der Waals surface area contributed by atoms with Crippen molar-refractivity contribution in [2.24, 2.45) is 11.0 Å². The number of carbonyl (C=O) groups is 2. The smallest absolute Gasteiger partial charge is 0.247 e. The molecule has 8 heteroatoms. The van der Waals surface area contributed by atoms with Gasteiger partial charge < -0.3 is 5.43 Å². The summed E-state index contributed by atoms with van der Waals surface area (Å²) in [5.41, 5.74) is 7.59. The van der Waals surface area contributed by atoms with E-state index in [1.165, 1.54) is 18.2 Å². The second kappa shape index (κ2) is 6.36. The van der Waals surface area contributed by atoms with Crippen LogP contribution in [0.4, 0.5) is 4.39 Å². The lowest BCUT2D eigenvalue weighted by atomic mass is 10.0. The number of halogens is 2. The third-order valence-corrected chi connectivity index (χ3v) is 3.19. The Kier molecular flexibility index (Phi) is 4.54. The zero-order chi connectivity index (χ0) is 15.4. The molecule has 6 nitrogen and oxygen atoms in total. The van der Waals surface area contributed by atoms with Crippen molar-refractivity contribution in [3.8, 4) is 0 Å². The topological polar surface area (TPSA) is 82.6 Å². The fourth-order valence-electron chi connectivity index (χ4n) is 1.72. The molecule has 1 aromatic carbocycles. The van der Waals surface area contributed by atoms with Crippen molar-refractivity contribution in [2.45, 2.75) is 6.42 Å². The van der Waals surface area contributed by atoms with E-state index >= 15 is 0 Å². The molecule has 2 rings (SSSR count). The van der Waals surface area contributed by atoms with Gasteiger partial charge in [0.05, 0.1) is 17.2 Å². The van der Waals surface area contributed by atoms with Gasteiger partial charge in [-0.2, -0.15) is 5.10 Å². The monoisotopic (exact) mass is 310 g/mol. The second-order valence-electron chi connectivity index (χ2n) is 4.32. The molecule has 1 aliphatic heterocycles. The van der Waals surface area contributed by atoms with Crippen LogP contribution < -0.4 is 16.3 Å². The zero-order valence-corrected chi connectivity index (χ0v) is 11.6. The molecule has 0 aliphatic carbocycles. The number of hydrazine groups is 1. The first-order valence-corrected chi connectivity index (χ1v) is 6.37. The Bertz CT molecular complexity index is 596. The molecule has 2 amide bonds. The molecule has 110 valence electrons. The highest BCUT2D eigenvalue weighted by atomic mass is 35.5. The van der Waals surface area contributed by atoms with Crippen LogP contribution >= 0.6 is 11.6 Å². The predicted octanol–water partition coefficient (Wildman–Crippen LogP) is 1.08. The molecule has 1 fully saturated rings. The molecule has 0 radical (unpaired) electrons. The van der Waals surface area contributed by atoms with Gasteiger partial charge in [0.15, 0.2) is 0 Å². The summed E-state index contributed by atoms with van der Waals surface area (Å²) >= 11 is 5.80. The van der Waals surface area contributed by atoms with Gasteiger partial charge in [0.25, 0.3) is 0 Å². The minimum atomic E-state index is -0.655. The summed E-state index contributed by atoms with van der Waals surface area (Å²) < 4.78 is 13.4. The van der Waals surface area contributed by atoms with Gasteiger partial charge >= 0.3 is 0 Å². The molecular weight excluding hydrogens is 299 g/mol. The Balaban J connectivity index is 1.94. The molecule has 0 bridgehead atoms. The maximum atomic E-state index is 13.4. The molecule has 0 spiro atoms. The van der Waals surface area contributed by atoms with E-state index in [2.05, 4.69) is 28.0 Å². The molecule has 0 saturated carbocycles. The van der Waals surface area contributed by atoms with Crippen molar-refractivity contribution in [2.75, 3.05) is 0 Å². The number of hydrogen-bond donors (Lipinski definition) is 3. The normalized spacial score (nSPS) is 17.7. The molecule has 1 unspecified atom stereocenters. The molecular formula is C13H12ClFN4O2. The third-order valence-electron chi connectivity index (χ3n) is 2.86. The van der Waals surface area contributed by atoms with Gasteiger partial charge in [-0.1, -0.05) is 24.2 Å². The van der Waals surface area contributed by atoms with Gasteiger partial charge in [-0.25, -0.2) is 9.82 Å². The predicted molar refractivity (Wildman–Crippen MR) is 75.7 cm³/mol. The highest BCUT2D eigenvalue weighted by Gasteiger charge is 2.29. The average Bonchev–Trinajstić information content (AvgIpc) is 2.74. The minimum Gasteiger partial charge on any atom is -0.302 e. The average molecular weight is 311 g/mol. The lowest BCUT2D eigenvalue weighted by Gasteiger charge is -2.05. The highest BCUT2D eigenvalue weighted by molar-refractivity contribution is 6.33. The fourth-order valence-corrected chi connectivity index (χ4v) is 1.94. The molecule has 1 heterocycles. The maximum Gasteiger partial charge on any atom is 0.247 e. The Morgan fingerprint density at radius 1 is 1.52 bits per heavy atom. The number of hydrazone groups is 1. The van der Waals surface area contributed by atoms with Crippen molar-refractivity contribution in [1.29, 1.82) is 0 Å². The Labute approximate surface area is 125 Å². The van der Waals surface area contributed by atoms with Gasteiger partial charge in [-0.3, -0.25) is 15.0 Å². The summed E-state index contributed by atoms with van der Waals surface area (Å²) in [5.74, 6) is -2.04. The van der Waals surface area contributed by atoms with E-state index in [9.17, 15) is 14.0 Å². The van der Waals surface area contributed by atoms with Crippen LogP contribution in [0.25, 0.3) is 0 Å². The number of carbonyl (C=O) groups excluding carboxylic acids is 2. The van der Waals surface area contributed by atoms with Gasteiger partial charge in [-0.05, 0) is 12.1 Å². The van der Waals surface area contributed by atoms with Gasteiger partial charge in [0.2, 0.25) is 11.8 Å². The van der Waals surface area contributed by atoms with Crippen LogP contribution in [0, 0.1) is 11.7 Å². The van der Waals surface area contributed by atoms with E-state index < -0.39 is 17.6 Å². The van der Waals surface area contributed by atoms with E-state index in [-0.39, 0.29) is 22.9 Å². The standard InChI is InChI=1S/C13H12ClFN4O2/c1-7-8(13(21)19-17-7)5-12(20)18-16-6-9-10(14)3-2-4-11(9)15/h2-4,6,8,17H,1,5H2,(H,18,20)(H,19,21). The summed E-state index contributed by atoms with van der Waals surface area (Å²) in [5, 5.41) is 3.81. The van der Waals surface area contributed by atoms with E-state index in [0.29, 0.717) is 5.70 Å². The maximum absolute atomic E-state index is 13.4. The third kappa shape index (κ3) is 3.57. The Morgan fingerprint density at radius 3 is 2.90 bits per heavy atom. The largest absolute Gasteiger partial charge is 0.302 e. The van der Waals surface area contributed by atoms with Gasteiger partial charge in [-0.15, -0.1) is 0 Å². The second-order valence-corrected chi connectivity index (χ2v) is 4.73. The number of nitrogens with one attached hydrogen (secondary N) is 3. The molecule has 1 aliphatic rings. The number of hydrogen-bond acceptors (Lipinski definition) is 4. The van der Waals surface area contributed by atoms with Crippen LogP contribution in [0.2, 0.25) is 5.02 Å². The first kappa shape index (κ1) is 15.0. The quantitative estimate of drug-likeness (QED) is 0.575. The van der Waals surface area contributed by atoms with Crippen molar-refractivity contribution >= 4 is 29.6 Å². The minimum absolute atomic E-state index is 0.0733. The van der Waals surface area contributed by atoms with E-state index in [1.807, 2.05) is 0 Å². The molecule has 0 aromatic heterocycles. The molecule has 1 saturated heterocycles. The van der Waals surface area contributed by atoms with Crippen molar-refractivity contribution < 1.29 is 14.0 Å². The van der Waals surface area contributed by atoms with Crippen molar-refractivity contribution in [1.82, 2.24) is 16.3 Å². The molecule has 1 atom stereocenters.